The fourth-order valence-corrected chi connectivity index (χ4v) is 5.43. The number of sulfonamides is 1. The lowest BCUT2D eigenvalue weighted by molar-refractivity contribution is 0.102. The summed E-state index contributed by atoms with van der Waals surface area (Å²) in [5.74, 6) is -0.359. The van der Waals surface area contributed by atoms with Gasteiger partial charge in [0.2, 0.25) is 15.2 Å². The van der Waals surface area contributed by atoms with E-state index in [0.29, 0.717) is 28.8 Å². The minimum atomic E-state index is -3.51. The average Bonchev–Trinajstić information content (AvgIpc) is 3.23. The van der Waals surface area contributed by atoms with Crippen molar-refractivity contribution >= 4 is 32.4 Å². The Balaban J connectivity index is 1.45. The Kier molecular flexibility index (Phi) is 5.70. The number of carbonyl (C=O) groups is 1. The zero-order valence-electron chi connectivity index (χ0n) is 15.6. The van der Waals surface area contributed by atoms with Gasteiger partial charge in [0.25, 0.3) is 5.91 Å². The highest BCUT2D eigenvalue weighted by Crippen LogP contribution is 2.26. The molecule has 1 aromatic heterocycles. The van der Waals surface area contributed by atoms with Gasteiger partial charge in [-0.15, -0.1) is 10.2 Å². The first kappa shape index (κ1) is 19.7. The number of anilines is 1. The molecule has 1 saturated heterocycles. The van der Waals surface area contributed by atoms with E-state index in [9.17, 15) is 13.2 Å². The van der Waals surface area contributed by atoms with E-state index in [-0.39, 0.29) is 10.8 Å². The predicted molar refractivity (Wildman–Crippen MR) is 112 cm³/mol. The lowest BCUT2D eigenvalue weighted by atomic mass is 10.2. The molecule has 0 saturated carbocycles. The van der Waals surface area contributed by atoms with E-state index in [1.165, 1.54) is 39.9 Å². The van der Waals surface area contributed by atoms with E-state index in [2.05, 4.69) is 15.5 Å². The van der Waals surface area contributed by atoms with Crippen LogP contribution in [0.25, 0.3) is 10.6 Å². The minimum Gasteiger partial charge on any atom is -0.296 e. The summed E-state index contributed by atoms with van der Waals surface area (Å²) in [6.45, 7) is 1.09. The summed E-state index contributed by atoms with van der Waals surface area (Å²) in [4.78, 5) is 12.7. The van der Waals surface area contributed by atoms with Crippen LogP contribution in [0.2, 0.25) is 0 Å². The van der Waals surface area contributed by atoms with E-state index in [4.69, 9.17) is 0 Å². The Bertz CT molecular complexity index is 1090. The van der Waals surface area contributed by atoms with Gasteiger partial charge in [0.05, 0.1) is 4.90 Å². The second kappa shape index (κ2) is 8.40. The summed E-state index contributed by atoms with van der Waals surface area (Å²) in [6.07, 6.45) is 2.82. The number of aromatic nitrogens is 2. The third-order valence-electron chi connectivity index (χ3n) is 4.74. The molecule has 0 radical (unpaired) electrons. The maximum Gasteiger partial charge on any atom is 0.257 e. The van der Waals surface area contributed by atoms with Crippen molar-refractivity contribution in [1.29, 1.82) is 0 Å². The van der Waals surface area contributed by atoms with Crippen molar-refractivity contribution in [3.8, 4) is 10.6 Å². The van der Waals surface area contributed by atoms with Gasteiger partial charge < -0.3 is 0 Å². The predicted octanol–water partition coefficient (Wildman–Crippen LogP) is 3.63. The highest BCUT2D eigenvalue weighted by molar-refractivity contribution is 7.89. The summed E-state index contributed by atoms with van der Waals surface area (Å²) >= 11 is 1.28. The van der Waals surface area contributed by atoms with Crippen LogP contribution in [0.3, 0.4) is 0 Å². The van der Waals surface area contributed by atoms with E-state index >= 15 is 0 Å². The van der Waals surface area contributed by atoms with Crippen molar-refractivity contribution in [2.24, 2.45) is 0 Å². The normalized spacial score (nSPS) is 15.2. The van der Waals surface area contributed by atoms with E-state index in [1.54, 1.807) is 0 Å². The molecule has 1 aliphatic rings. The monoisotopic (exact) mass is 428 g/mol. The molecule has 3 aromatic rings. The molecule has 7 nitrogen and oxygen atoms in total. The fraction of sp³-hybridized carbons (Fsp3) is 0.250. The molecule has 9 heteroatoms. The average molecular weight is 429 g/mol. The number of piperidine rings is 1. The molecule has 2 aromatic carbocycles. The molecule has 1 amide bonds. The van der Waals surface area contributed by atoms with Crippen molar-refractivity contribution in [3.05, 3.63) is 60.2 Å². The minimum absolute atomic E-state index is 0.207. The Morgan fingerprint density at radius 3 is 2.31 bits per heavy atom. The van der Waals surface area contributed by atoms with Crippen LogP contribution in [0.1, 0.15) is 29.6 Å². The molecule has 0 bridgehead atoms. The number of hydrogen-bond donors (Lipinski definition) is 1. The van der Waals surface area contributed by atoms with Crippen molar-refractivity contribution < 1.29 is 13.2 Å². The summed E-state index contributed by atoms with van der Waals surface area (Å²) < 4.78 is 26.9. The van der Waals surface area contributed by atoms with Gasteiger partial charge in [0.15, 0.2) is 0 Å². The van der Waals surface area contributed by atoms with Gasteiger partial charge in [-0.1, -0.05) is 48.1 Å². The number of nitrogens with zero attached hydrogens (tertiary/aromatic N) is 3. The summed E-state index contributed by atoms with van der Waals surface area (Å²) in [7, 11) is -3.51. The van der Waals surface area contributed by atoms with Crippen LogP contribution in [0, 0.1) is 0 Å². The molecule has 0 aliphatic carbocycles. The van der Waals surface area contributed by atoms with Crippen molar-refractivity contribution in [3.63, 3.8) is 0 Å². The van der Waals surface area contributed by atoms with Gasteiger partial charge in [0, 0.05) is 24.2 Å². The molecule has 29 heavy (non-hydrogen) atoms. The zero-order valence-corrected chi connectivity index (χ0v) is 17.2. The Hall–Kier alpha value is -2.62. The molecule has 1 N–H and O–H groups in total. The van der Waals surface area contributed by atoms with Crippen LogP contribution in [-0.4, -0.2) is 41.9 Å². The summed E-state index contributed by atoms with van der Waals surface area (Å²) in [5, 5.41) is 11.9. The first-order chi connectivity index (χ1) is 14.0. The molecule has 0 spiro atoms. The fourth-order valence-electron chi connectivity index (χ4n) is 3.17. The lowest BCUT2D eigenvalue weighted by Gasteiger charge is -2.25. The van der Waals surface area contributed by atoms with Gasteiger partial charge in [-0.2, -0.15) is 4.31 Å². The molecule has 2 heterocycles. The Labute approximate surface area is 173 Å². The van der Waals surface area contributed by atoms with Crippen molar-refractivity contribution in [2.45, 2.75) is 24.2 Å². The van der Waals surface area contributed by atoms with Gasteiger partial charge in [-0.05, 0) is 37.1 Å². The quantitative estimate of drug-likeness (QED) is 0.670. The first-order valence-electron chi connectivity index (χ1n) is 9.34. The molecule has 1 aliphatic heterocycles. The van der Waals surface area contributed by atoms with Crippen LogP contribution in [0.5, 0.6) is 0 Å². The number of carbonyl (C=O) groups excluding carboxylic acids is 1. The summed E-state index contributed by atoms with van der Waals surface area (Å²) in [6, 6.07) is 15.6. The second-order valence-electron chi connectivity index (χ2n) is 6.72. The maximum absolute atomic E-state index is 12.7. The van der Waals surface area contributed by atoms with Gasteiger partial charge in [0.1, 0.15) is 5.01 Å². The largest absolute Gasteiger partial charge is 0.296 e. The molecule has 0 atom stereocenters. The van der Waals surface area contributed by atoms with E-state index in [0.717, 1.165) is 24.8 Å². The van der Waals surface area contributed by atoms with Crippen LogP contribution in [-0.2, 0) is 10.0 Å². The Morgan fingerprint density at radius 1 is 0.931 bits per heavy atom. The zero-order chi connectivity index (χ0) is 20.3. The van der Waals surface area contributed by atoms with Crippen LogP contribution in [0.15, 0.2) is 59.5 Å². The second-order valence-corrected chi connectivity index (χ2v) is 9.64. The first-order valence-corrected chi connectivity index (χ1v) is 11.6. The molecular formula is C20H20N4O3S2. The molecule has 1 fully saturated rings. The standard InChI is InChI=1S/C20H20N4O3S2/c25-18(21-20-23-22-19(28-20)16-7-3-1-4-8-16)15-9-11-17(12-10-15)29(26,27)24-13-5-2-6-14-24/h1,3-4,7-12H,2,5-6,13-14H2,(H,21,23,25). The van der Waals surface area contributed by atoms with Crippen LogP contribution >= 0.6 is 11.3 Å². The smallest absolute Gasteiger partial charge is 0.257 e. The number of amides is 1. The molecule has 4 rings (SSSR count). The van der Waals surface area contributed by atoms with Gasteiger partial charge in [-0.3, -0.25) is 10.1 Å². The number of hydrogen-bond acceptors (Lipinski definition) is 6. The third-order valence-corrected chi connectivity index (χ3v) is 7.54. The number of benzene rings is 2. The van der Waals surface area contributed by atoms with Crippen LogP contribution in [0.4, 0.5) is 5.13 Å². The third kappa shape index (κ3) is 4.36. The highest BCUT2D eigenvalue weighted by atomic mass is 32.2. The van der Waals surface area contributed by atoms with Crippen molar-refractivity contribution in [1.82, 2.24) is 14.5 Å². The lowest BCUT2D eigenvalue weighted by Crippen LogP contribution is -2.35. The van der Waals surface area contributed by atoms with Gasteiger partial charge >= 0.3 is 0 Å². The Morgan fingerprint density at radius 2 is 1.62 bits per heavy atom. The molecular weight excluding hydrogens is 408 g/mol. The SMILES string of the molecule is O=C(Nc1nnc(-c2ccccc2)s1)c1ccc(S(=O)(=O)N2CCCCC2)cc1. The summed E-state index contributed by atoms with van der Waals surface area (Å²) in [5.41, 5.74) is 1.29. The number of nitrogens with one attached hydrogen (secondary N) is 1. The van der Waals surface area contributed by atoms with E-state index < -0.39 is 10.0 Å². The maximum atomic E-state index is 12.7. The highest BCUT2D eigenvalue weighted by Gasteiger charge is 2.26. The molecule has 0 unspecified atom stereocenters. The number of rotatable bonds is 5. The van der Waals surface area contributed by atoms with Crippen LogP contribution < -0.4 is 5.32 Å². The van der Waals surface area contributed by atoms with E-state index in [1.807, 2.05) is 30.3 Å². The topological polar surface area (TPSA) is 92.3 Å². The van der Waals surface area contributed by atoms with Crippen molar-refractivity contribution in [2.75, 3.05) is 18.4 Å². The van der Waals surface area contributed by atoms with Gasteiger partial charge in [-0.25, -0.2) is 8.42 Å². The molecule has 150 valence electrons.